The Balaban J connectivity index is 3.02. The minimum absolute atomic E-state index is 0.654. The van der Waals surface area contributed by atoms with Gasteiger partial charge >= 0.3 is 0 Å². The molecule has 0 aliphatic rings. The minimum atomic E-state index is 0.654. The molecule has 0 atom stereocenters. The first-order valence-corrected chi connectivity index (χ1v) is 3.66. The van der Waals surface area contributed by atoms with E-state index in [1.165, 1.54) is 0 Å². The highest BCUT2D eigenvalue weighted by Gasteiger charge is 2.01. The van der Waals surface area contributed by atoms with Gasteiger partial charge < -0.3 is 4.42 Å². The van der Waals surface area contributed by atoms with Crippen LogP contribution in [0.2, 0.25) is 0 Å². The van der Waals surface area contributed by atoms with Gasteiger partial charge in [0.1, 0.15) is 0 Å². The van der Waals surface area contributed by atoms with Crippen molar-refractivity contribution < 1.29 is 4.42 Å². The van der Waals surface area contributed by atoms with Crippen LogP contribution in [0.25, 0.3) is 5.57 Å². The maximum absolute atomic E-state index is 5.29. The van der Waals surface area contributed by atoms with Gasteiger partial charge in [0.25, 0.3) is 0 Å². The van der Waals surface area contributed by atoms with E-state index in [2.05, 4.69) is 18.1 Å². The fraction of sp³-hybridized carbons (Fsp3) is 0.100. The molecule has 2 heteroatoms. The second-order valence-electron chi connectivity index (χ2n) is 2.31. The highest BCUT2D eigenvalue weighted by molar-refractivity contribution is 5.70. The molecule has 12 heavy (non-hydrogen) atoms. The predicted octanol–water partition coefficient (Wildman–Crippen LogP) is 2.74. The highest BCUT2D eigenvalue weighted by Crippen LogP contribution is 2.15. The van der Waals surface area contributed by atoms with E-state index in [-0.39, 0.29) is 0 Å². The molecule has 0 spiro atoms. The van der Waals surface area contributed by atoms with Crippen molar-refractivity contribution in [1.82, 2.24) is 4.98 Å². The molecule has 0 unspecified atom stereocenters. The van der Waals surface area contributed by atoms with Gasteiger partial charge in [-0.1, -0.05) is 31.4 Å². The average molecular weight is 161 g/mol. The minimum Gasteiger partial charge on any atom is -0.441 e. The summed E-state index contributed by atoms with van der Waals surface area (Å²) in [7, 11) is 0. The molecule has 1 aromatic heterocycles. The molecule has 0 bridgehead atoms. The van der Waals surface area contributed by atoms with Crippen molar-refractivity contribution in [1.29, 1.82) is 0 Å². The molecule has 0 saturated carbocycles. The van der Waals surface area contributed by atoms with Crippen LogP contribution in [0, 0.1) is 6.92 Å². The number of nitrogens with zero attached hydrogens (tertiary/aromatic N) is 1. The van der Waals surface area contributed by atoms with E-state index in [4.69, 9.17) is 4.42 Å². The van der Waals surface area contributed by atoms with Gasteiger partial charge in [-0.05, 0) is 0 Å². The van der Waals surface area contributed by atoms with E-state index < -0.39 is 0 Å². The summed E-state index contributed by atoms with van der Waals surface area (Å²) in [5.41, 5.74) is 0.894. The molecular formula is C10H11NO. The standard InChI is InChI=1S/C10H11NO/c1-4-6-9(5-2)10-7-11-8(3)12-10/h4-7H,1-2H2,3H3/b9-6+. The molecule has 1 rings (SSSR count). The molecule has 0 aliphatic carbocycles. The lowest BCUT2D eigenvalue weighted by Gasteiger charge is -1.92. The molecule has 0 amide bonds. The summed E-state index contributed by atoms with van der Waals surface area (Å²) in [5, 5.41) is 0. The van der Waals surface area contributed by atoms with Crippen LogP contribution < -0.4 is 0 Å². The third-order valence-corrected chi connectivity index (χ3v) is 1.42. The third kappa shape index (κ3) is 1.72. The van der Waals surface area contributed by atoms with Gasteiger partial charge in [0, 0.05) is 12.5 Å². The lowest BCUT2D eigenvalue weighted by molar-refractivity contribution is 0.511. The topological polar surface area (TPSA) is 26.0 Å². The normalized spacial score (nSPS) is 11.2. The Morgan fingerprint density at radius 1 is 1.58 bits per heavy atom. The van der Waals surface area contributed by atoms with Crippen LogP contribution >= 0.6 is 0 Å². The molecule has 0 fully saturated rings. The fourth-order valence-electron chi connectivity index (χ4n) is 0.873. The van der Waals surface area contributed by atoms with Gasteiger partial charge in [-0.15, -0.1) is 0 Å². The molecule has 0 N–H and O–H groups in total. The van der Waals surface area contributed by atoms with Gasteiger partial charge in [0.15, 0.2) is 11.7 Å². The number of oxazole rings is 1. The van der Waals surface area contributed by atoms with Crippen molar-refractivity contribution in [2.24, 2.45) is 0 Å². The number of aryl methyl sites for hydroxylation is 1. The van der Waals surface area contributed by atoms with Gasteiger partial charge in [-0.2, -0.15) is 0 Å². The van der Waals surface area contributed by atoms with Crippen LogP contribution in [0.3, 0.4) is 0 Å². The fourth-order valence-corrected chi connectivity index (χ4v) is 0.873. The van der Waals surface area contributed by atoms with E-state index in [0.717, 1.165) is 11.3 Å². The SMILES string of the molecule is C=C/C=C(\C=C)c1cnc(C)o1. The summed E-state index contributed by atoms with van der Waals surface area (Å²) in [5.74, 6) is 1.38. The summed E-state index contributed by atoms with van der Waals surface area (Å²) < 4.78 is 5.29. The second kappa shape index (κ2) is 3.72. The summed E-state index contributed by atoms with van der Waals surface area (Å²) >= 11 is 0. The molecule has 1 aromatic rings. The molecule has 62 valence electrons. The van der Waals surface area contributed by atoms with E-state index in [9.17, 15) is 0 Å². The first-order valence-electron chi connectivity index (χ1n) is 3.66. The van der Waals surface area contributed by atoms with Gasteiger partial charge in [-0.3, -0.25) is 0 Å². The van der Waals surface area contributed by atoms with Crippen LogP contribution in [0.4, 0.5) is 0 Å². The molecule has 2 nitrogen and oxygen atoms in total. The van der Waals surface area contributed by atoms with Gasteiger partial charge in [0.2, 0.25) is 0 Å². The Labute approximate surface area is 71.9 Å². The maximum Gasteiger partial charge on any atom is 0.191 e. The summed E-state index contributed by atoms with van der Waals surface area (Å²) in [6, 6.07) is 0. The molecule has 0 radical (unpaired) electrons. The quantitative estimate of drug-likeness (QED) is 0.637. The van der Waals surface area contributed by atoms with Crippen molar-refractivity contribution in [3.8, 4) is 0 Å². The van der Waals surface area contributed by atoms with Crippen molar-refractivity contribution >= 4 is 5.57 Å². The number of allylic oxidation sites excluding steroid dienone is 4. The van der Waals surface area contributed by atoms with E-state index in [0.29, 0.717) is 5.89 Å². The van der Waals surface area contributed by atoms with Crippen molar-refractivity contribution in [2.75, 3.05) is 0 Å². The zero-order chi connectivity index (χ0) is 8.97. The first-order chi connectivity index (χ1) is 5.77. The Kier molecular flexibility index (Phi) is 2.64. The Hall–Kier alpha value is -1.57. The Morgan fingerprint density at radius 2 is 2.33 bits per heavy atom. The van der Waals surface area contributed by atoms with Gasteiger partial charge in [-0.25, -0.2) is 4.98 Å². The van der Waals surface area contributed by atoms with E-state index in [1.807, 2.05) is 6.08 Å². The van der Waals surface area contributed by atoms with Crippen molar-refractivity contribution in [3.63, 3.8) is 0 Å². The lowest BCUT2D eigenvalue weighted by atomic mass is 10.2. The molecule has 1 heterocycles. The van der Waals surface area contributed by atoms with Crippen LogP contribution in [0.15, 0.2) is 42.0 Å². The predicted molar refractivity (Wildman–Crippen MR) is 49.6 cm³/mol. The van der Waals surface area contributed by atoms with Crippen molar-refractivity contribution in [3.05, 3.63) is 49.2 Å². The zero-order valence-corrected chi connectivity index (χ0v) is 7.08. The summed E-state index contributed by atoms with van der Waals surface area (Å²) in [6.45, 7) is 9.06. The third-order valence-electron chi connectivity index (χ3n) is 1.42. The van der Waals surface area contributed by atoms with Crippen LogP contribution in [0.5, 0.6) is 0 Å². The monoisotopic (exact) mass is 161 g/mol. The number of rotatable bonds is 3. The molecule has 0 aromatic carbocycles. The molecular weight excluding hydrogens is 150 g/mol. The summed E-state index contributed by atoms with van der Waals surface area (Å²) in [4.78, 5) is 3.98. The molecule has 0 aliphatic heterocycles. The summed E-state index contributed by atoms with van der Waals surface area (Å²) in [6.07, 6.45) is 6.90. The number of hydrogen-bond donors (Lipinski definition) is 0. The average Bonchev–Trinajstić information content (AvgIpc) is 2.47. The lowest BCUT2D eigenvalue weighted by Crippen LogP contribution is -1.73. The Morgan fingerprint density at radius 3 is 2.75 bits per heavy atom. The number of aromatic nitrogens is 1. The van der Waals surface area contributed by atoms with E-state index in [1.54, 1.807) is 25.3 Å². The largest absolute Gasteiger partial charge is 0.441 e. The second-order valence-corrected chi connectivity index (χ2v) is 2.31. The van der Waals surface area contributed by atoms with Crippen LogP contribution in [-0.4, -0.2) is 4.98 Å². The number of hydrogen-bond acceptors (Lipinski definition) is 2. The van der Waals surface area contributed by atoms with E-state index >= 15 is 0 Å². The highest BCUT2D eigenvalue weighted by atomic mass is 16.4. The smallest absolute Gasteiger partial charge is 0.191 e. The van der Waals surface area contributed by atoms with Crippen LogP contribution in [0.1, 0.15) is 11.7 Å². The Bertz CT molecular complexity index is 320. The van der Waals surface area contributed by atoms with Gasteiger partial charge in [0.05, 0.1) is 6.20 Å². The molecule has 0 saturated heterocycles. The first kappa shape index (κ1) is 8.53. The maximum atomic E-state index is 5.29. The zero-order valence-electron chi connectivity index (χ0n) is 7.08. The van der Waals surface area contributed by atoms with Crippen LogP contribution in [-0.2, 0) is 0 Å². The van der Waals surface area contributed by atoms with Crippen molar-refractivity contribution in [2.45, 2.75) is 6.92 Å².